The smallest absolute Gasteiger partial charge is 0.243 e. The lowest BCUT2D eigenvalue weighted by molar-refractivity contribution is 0.146. The zero-order valence-electron chi connectivity index (χ0n) is 11.8. The summed E-state index contributed by atoms with van der Waals surface area (Å²) < 4.78 is 36.0. The van der Waals surface area contributed by atoms with Crippen LogP contribution in [0.2, 0.25) is 0 Å². The van der Waals surface area contributed by atoms with E-state index in [1.54, 1.807) is 26.2 Å². The molecule has 0 aliphatic heterocycles. The highest BCUT2D eigenvalue weighted by molar-refractivity contribution is 7.89. The van der Waals surface area contributed by atoms with Crippen LogP contribution in [0.15, 0.2) is 29.2 Å². The van der Waals surface area contributed by atoms with Crippen molar-refractivity contribution in [2.24, 2.45) is 0 Å². The highest BCUT2D eigenvalue weighted by Gasteiger charge is 2.22. The number of methoxy groups -OCH3 is 1. The van der Waals surface area contributed by atoms with Gasteiger partial charge in [0.1, 0.15) is 12.4 Å². The first-order chi connectivity index (χ1) is 9.56. The predicted octanol–water partition coefficient (Wildman–Crippen LogP) is 0.715. The summed E-state index contributed by atoms with van der Waals surface area (Å²) in [6.45, 7) is 2.81. The third-order valence-electron chi connectivity index (χ3n) is 2.72. The van der Waals surface area contributed by atoms with Crippen molar-refractivity contribution in [3.8, 4) is 5.75 Å². The van der Waals surface area contributed by atoms with E-state index in [0.717, 1.165) is 0 Å². The predicted molar refractivity (Wildman–Crippen MR) is 75.3 cm³/mol. The summed E-state index contributed by atoms with van der Waals surface area (Å²) in [6.07, 6.45) is 0. The van der Waals surface area contributed by atoms with Crippen molar-refractivity contribution < 1.29 is 23.0 Å². The Morgan fingerprint density at radius 1 is 1.20 bits per heavy atom. The Bertz CT molecular complexity index is 486. The number of sulfonamides is 1. The van der Waals surface area contributed by atoms with E-state index in [-0.39, 0.29) is 18.0 Å². The van der Waals surface area contributed by atoms with Gasteiger partial charge in [-0.3, -0.25) is 0 Å². The molecule has 114 valence electrons. The van der Waals surface area contributed by atoms with Crippen molar-refractivity contribution in [1.82, 2.24) is 4.31 Å². The van der Waals surface area contributed by atoms with E-state index in [9.17, 15) is 8.42 Å². The summed E-state index contributed by atoms with van der Waals surface area (Å²) in [6, 6.07) is 6.21. The first-order valence-electron chi connectivity index (χ1n) is 6.39. The molecule has 0 fully saturated rings. The Labute approximate surface area is 120 Å². The summed E-state index contributed by atoms with van der Waals surface area (Å²) in [5.41, 5.74) is 0. The Morgan fingerprint density at radius 2 is 1.85 bits per heavy atom. The summed E-state index contributed by atoms with van der Waals surface area (Å²) >= 11 is 0. The van der Waals surface area contributed by atoms with Crippen LogP contribution >= 0.6 is 0 Å². The Morgan fingerprint density at radius 3 is 2.35 bits per heavy atom. The molecule has 0 saturated carbocycles. The summed E-state index contributed by atoms with van der Waals surface area (Å²) in [5, 5.41) is 8.90. The molecule has 6 nitrogen and oxygen atoms in total. The number of rotatable bonds is 9. The number of aliphatic hydroxyl groups excluding tert-OH is 1. The summed E-state index contributed by atoms with van der Waals surface area (Å²) in [5.74, 6) is 0.589. The van der Waals surface area contributed by atoms with Crippen LogP contribution in [0.3, 0.4) is 0 Å². The van der Waals surface area contributed by atoms with Crippen LogP contribution in [0.5, 0.6) is 5.75 Å². The van der Waals surface area contributed by atoms with E-state index < -0.39 is 10.0 Å². The van der Waals surface area contributed by atoms with Gasteiger partial charge in [0, 0.05) is 20.2 Å². The molecule has 0 unspecified atom stereocenters. The van der Waals surface area contributed by atoms with Crippen molar-refractivity contribution in [3.63, 3.8) is 0 Å². The van der Waals surface area contributed by atoms with Gasteiger partial charge in [0.2, 0.25) is 10.0 Å². The maximum atomic E-state index is 12.3. The fourth-order valence-corrected chi connectivity index (χ4v) is 3.10. The number of nitrogens with zero attached hydrogens (tertiary/aromatic N) is 1. The van der Waals surface area contributed by atoms with Crippen molar-refractivity contribution in [2.75, 3.05) is 40.0 Å². The van der Waals surface area contributed by atoms with Crippen molar-refractivity contribution >= 4 is 10.0 Å². The third kappa shape index (κ3) is 4.45. The van der Waals surface area contributed by atoms with Gasteiger partial charge >= 0.3 is 0 Å². The molecule has 20 heavy (non-hydrogen) atoms. The van der Waals surface area contributed by atoms with Crippen LogP contribution in [-0.2, 0) is 14.8 Å². The molecule has 0 aliphatic carbocycles. The Kier molecular flexibility index (Phi) is 6.94. The van der Waals surface area contributed by atoms with Crippen LogP contribution in [0, 0.1) is 0 Å². The lowest BCUT2D eigenvalue weighted by Crippen LogP contribution is -2.33. The molecule has 0 aromatic heterocycles. The third-order valence-corrected chi connectivity index (χ3v) is 4.71. The van der Waals surface area contributed by atoms with Gasteiger partial charge in [0.15, 0.2) is 0 Å². The molecule has 7 heteroatoms. The largest absolute Gasteiger partial charge is 0.491 e. The number of benzene rings is 1. The van der Waals surface area contributed by atoms with Crippen molar-refractivity contribution in [2.45, 2.75) is 11.8 Å². The van der Waals surface area contributed by atoms with E-state index in [1.807, 2.05) is 0 Å². The first-order valence-corrected chi connectivity index (χ1v) is 7.83. The topological polar surface area (TPSA) is 76.1 Å². The summed E-state index contributed by atoms with van der Waals surface area (Å²) in [7, 11) is -1.98. The molecule has 0 bridgehead atoms. The molecule has 1 aromatic rings. The van der Waals surface area contributed by atoms with Gasteiger partial charge in [-0.1, -0.05) is 6.92 Å². The van der Waals surface area contributed by atoms with E-state index in [0.29, 0.717) is 25.5 Å². The van der Waals surface area contributed by atoms with Gasteiger partial charge in [-0.2, -0.15) is 4.31 Å². The zero-order chi connectivity index (χ0) is 15.0. The van der Waals surface area contributed by atoms with Gasteiger partial charge in [0.05, 0.1) is 18.1 Å². The fraction of sp³-hybridized carbons (Fsp3) is 0.538. The molecule has 0 saturated heterocycles. The number of aliphatic hydroxyl groups is 1. The molecule has 0 amide bonds. The highest BCUT2D eigenvalue weighted by atomic mass is 32.2. The van der Waals surface area contributed by atoms with Crippen LogP contribution in [0.4, 0.5) is 0 Å². The molecule has 0 spiro atoms. The number of hydrogen-bond donors (Lipinski definition) is 1. The maximum absolute atomic E-state index is 12.3. The van der Waals surface area contributed by atoms with Crippen molar-refractivity contribution in [1.29, 1.82) is 0 Å². The SMILES string of the molecule is CCN(CCO)S(=O)(=O)c1ccc(OCCOC)cc1. The quantitative estimate of drug-likeness (QED) is 0.680. The van der Waals surface area contributed by atoms with E-state index in [2.05, 4.69) is 0 Å². The normalized spacial score (nSPS) is 11.8. The molecule has 1 N–H and O–H groups in total. The van der Waals surface area contributed by atoms with Crippen LogP contribution in [0.1, 0.15) is 6.92 Å². The molecule has 1 aromatic carbocycles. The van der Waals surface area contributed by atoms with Crippen LogP contribution < -0.4 is 4.74 Å². The monoisotopic (exact) mass is 303 g/mol. The Hall–Kier alpha value is -1.15. The molecule has 0 radical (unpaired) electrons. The zero-order valence-corrected chi connectivity index (χ0v) is 12.6. The minimum Gasteiger partial charge on any atom is -0.491 e. The van der Waals surface area contributed by atoms with Crippen LogP contribution in [-0.4, -0.2) is 57.8 Å². The van der Waals surface area contributed by atoms with E-state index in [4.69, 9.17) is 14.6 Å². The summed E-state index contributed by atoms with van der Waals surface area (Å²) in [4.78, 5) is 0.187. The average molecular weight is 303 g/mol. The number of hydrogen-bond acceptors (Lipinski definition) is 5. The van der Waals surface area contributed by atoms with Crippen molar-refractivity contribution in [3.05, 3.63) is 24.3 Å². The van der Waals surface area contributed by atoms with E-state index >= 15 is 0 Å². The second-order valence-electron chi connectivity index (χ2n) is 4.03. The molecule has 0 atom stereocenters. The lowest BCUT2D eigenvalue weighted by Gasteiger charge is -2.19. The molecular weight excluding hydrogens is 282 g/mol. The fourth-order valence-electron chi connectivity index (χ4n) is 1.66. The molecular formula is C13H21NO5S. The second-order valence-corrected chi connectivity index (χ2v) is 5.97. The van der Waals surface area contributed by atoms with Gasteiger partial charge in [-0.05, 0) is 24.3 Å². The highest BCUT2D eigenvalue weighted by Crippen LogP contribution is 2.19. The molecule has 0 heterocycles. The van der Waals surface area contributed by atoms with Gasteiger partial charge in [-0.25, -0.2) is 8.42 Å². The van der Waals surface area contributed by atoms with Gasteiger partial charge < -0.3 is 14.6 Å². The number of ether oxygens (including phenoxy) is 2. The van der Waals surface area contributed by atoms with E-state index in [1.165, 1.54) is 16.4 Å². The molecule has 0 aliphatic rings. The first kappa shape index (κ1) is 16.9. The van der Waals surface area contributed by atoms with Crippen LogP contribution in [0.25, 0.3) is 0 Å². The number of likely N-dealkylation sites (N-methyl/N-ethyl adjacent to an activating group) is 1. The maximum Gasteiger partial charge on any atom is 0.243 e. The average Bonchev–Trinajstić information content (AvgIpc) is 2.45. The Balaban J connectivity index is 2.80. The molecule has 1 rings (SSSR count). The standard InChI is InChI=1S/C13H21NO5S/c1-3-14(8-9-15)20(16,17)13-6-4-12(5-7-13)19-11-10-18-2/h4-7,15H,3,8-11H2,1-2H3. The van der Waals surface area contributed by atoms with Gasteiger partial charge in [0.25, 0.3) is 0 Å². The minimum atomic E-state index is -3.56. The van der Waals surface area contributed by atoms with Gasteiger partial charge in [-0.15, -0.1) is 0 Å². The lowest BCUT2D eigenvalue weighted by atomic mass is 10.3. The minimum absolute atomic E-state index is 0.0882. The second kappa shape index (κ2) is 8.21.